The van der Waals surface area contributed by atoms with E-state index in [-0.39, 0.29) is 0 Å². The molecule has 8 rings (SSSR count). The van der Waals surface area contributed by atoms with Gasteiger partial charge in [-0.05, 0) is 0 Å². The van der Waals surface area contributed by atoms with Crippen LogP contribution in [0.5, 0.6) is 34.5 Å². The van der Waals surface area contributed by atoms with Crippen molar-refractivity contribution in [1.82, 2.24) is 0 Å². The molecular weight excluding hydrogens is 499 g/mol. The molecule has 0 radical (unpaired) electrons. The van der Waals surface area contributed by atoms with Crippen LogP contribution in [0.2, 0.25) is 0 Å². The summed E-state index contributed by atoms with van der Waals surface area (Å²) in [4.78, 5) is 0. The summed E-state index contributed by atoms with van der Waals surface area (Å²) in [5.41, 5.74) is 0. The van der Waals surface area contributed by atoms with Gasteiger partial charge in [0, 0.05) is 0 Å². The van der Waals surface area contributed by atoms with Gasteiger partial charge in [0.05, 0.1) is 0 Å². The molecule has 1 spiro atoms. The summed E-state index contributed by atoms with van der Waals surface area (Å²) >= 11 is 0. The molecule has 0 N–H and O–H groups in total. The molecule has 0 saturated carbocycles. The van der Waals surface area contributed by atoms with Crippen molar-refractivity contribution >= 4 is 40.1 Å². The Hall–Kier alpha value is -4.67. The molecule has 2 aliphatic rings. The van der Waals surface area contributed by atoms with Gasteiger partial charge in [0.15, 0.2) is 0 Å². The van der Waals surface area contributed by atoms with Crippen LogP contribution in [-0.4, -0.2) is 7.11 Å². The van der Waals surface area contributed by atoms with E-state index in [1.54, 1.807) is 7.11 Å². The standard InChI is InChI=1S/C31H21O6P/c1-32-26-14-20-8-2-3-9-21(20)15-27(26)33-38(34-28-16-22-10-4-5-11-23(22)17-29(28)35-38)36-30-18-24-12-6-7-13-25(24)19-31(30)37-38/h2-19H,1H3. The fraction of sp³-hybridized carbons (Fsp3) is 0.0323. The third-order valence-corrected chi connectivity index (χ3v) is 9.37. The van der Waals surface area contributed by atoms with Crippen LogP contribution in [0.15, 0.2) is 109 Å². The molecule has 6 aromatic carbocycles. The Balaban J connectivity index is 1.33. The second-order valence-corrected chi connectivity index (χ2v) is 11.7. The average Bonchev–Trinajstić information content (AvgIpc) is 3.41. The molecule has 0 unspecified atom stereocenters. The maximum atomic E-state index is 6.68. The van der Waals surface area contributed by atoms with E-state index in [9.17, 15) is 0 Å². The first kappa shape index (κ1) is 21.4. The van der Waals surface area contributed by atoms with Gasteiger partial charge in [-0.2, -0.15) is 0 Å². The van der Waals surface area contributed by atoms with Gasteiger partial charge >= 0.3 is 218 Å². The number of hydrogen-bond acceptors (Lipinski definition) is 6. The molecule has 2 heterocycles. The summed E-state index contributed by atoms with van der Waals surface area (Å²) in [5.74, 6) is 2.83. The van der Waals surface area contributed by atoms with Gasteiger partial charge in [0.25, 0.3) is 0 Å². The van der Waals surface area contributed by atoms with E-state index in [4.69, 9.17) is 27.4 Å². The molecular formula is C31H21O6P. The maximum absolute atomic E-state index is 6.68. The first-order valence-corrected chi connectivity index (χ1v) is 14.1. The van der Waals surface area contributed by atoms with Crippen molar-refractivity contribution in [3.63, 3.8) is 0 Å². The molecule has 6 aromatic rings. The minimum absolute atomic E-state index is 0.388. The minimum atomic E-state index is -4.79. The Kier molecular flexibility index (Phi) is 4.19. The molecule has 186 valence electrons. The van der Waals surface area contributed by atoms with Crippen molar-refractivity contribution in [3.8, 4) is 34.5 Å². The summed E-state index contributed by atoms with van der Waals surface area (Å²) in [5, 5.41) is 5.97. The van der Waals surface area contributed by atoms with Crippen molar-refractivity contribution in [3.05, 3.63) is 109 Å². The third-order valence-electron chi connectivity index (χ3n) is 6.89. The van der Waals surface area contributed by atoms with Crippen molar-refractivity contribution in [2.45, 2.75) is 0 Å². The van der Waals surface area contributed by atoms with Crippen LogP contribution in [0, 0.1) is 0 Å². The topological polar surface area (TPSA) is 55.4 Å². The van der Waals surface area contributed by atoms with E-state index in [0.717, 1.165) is 32.3 Å². The van der Waals surface area contributed by atoms with Crippen molar-refractivity contribution in [1.29, 1.82) is 0 Å². The Morgan fingerprint density at radius 2 is 0.763 bits per heavy atom. The number of methoxy groups -OCH3 is 1. The van der Waals surface area contributed by atoms with E-state index in [1.165, 1.54) is 0 Å². The predicted molar refractivity (Wildman–Crippen MR) is 148 cm³/mol. The van der Waals surface area contributed by atoms with Crippen molar-refractivity contribution in [2.75, 3.05) is 7.11 Å². The SMILES string of the molecule is COc1cc2ccccc2cc1OP12(Oc3cc4ccccc4cc3O1)Oc1cc3ccccc3cc1O2. The molecule has 7 heteroatoms. The van der Waals surface area contributed by atoms with Gasteiger partial charge in [-0.15, -0.1) is 0 Å². The van der Waals surface area contributed by atoms with E-state index in [1.807, 2.05) is 109 Å². The van der Waals surface area contributed by atoms with Crippen LogP contribution in [0.3, 0.4) is 0 Å². The van der Waals surface area contributed by atoms with Crippen LogP contribution in [0.4, 0.5) is 0 Å². The zero-order chi connectivity index (χ0) is 25.3. The fourth-order valence-corrected chi connectivity index (χ4v) is 7.79. The van der Waals surface area contributed by atoms with Gasteiger partial charge in [-0.1, -0.05) is 0 Å². The molecule has 6 nitrogen and oxygen atoms in total. The second-order valence-electron chi connectivity index (χ2n) is 9.34. The Morgan fingerprint density at radius 3 is 1.11 bits per heavy atom. The van der Waals surface area contributed by atoms with Gasteiger partial charge < -0.3 is 0 Å². The van der Waals surface area contributed by atoms with E-state index in [2.05, 4.69) is 0 Å². The van der Waals surface area contributed by atoms with E-state index >= 15 is 0 Å². The van der Waals surface area contributed by atoms with E-state index < -0.39 is 7.74 Å². The Bertz CT molecular complexity index is 1740. The number of rotatable bonds is 3. The first-order valence-electron chi connectivity index (χ1n) is 12.2. The Morgan fingerprint density at radius 1 is 0.447 bits per heavy atom. The van der Waals surface area contributed by atoms with Gasteiger partial charge in [-0.3, -0.25) is 0 Å². The van der Waals surface area contributed by atoms with Crippen LogP contribution < -0.4 is 27.4 Å². The van der Waals surface area contributed by atoms with Gasteiger partial charge in [-0.25, -0.2) is 0 Å². The zero-order valence-electron chi connectivity index (χ0n) is 20.3. The molecule has 0 amide bonds. The quantitative estimate of drug-likeness (QED) is 0.218. The average molecular weight is 520 g/mol. The monoisotopic (exact) mass is 520 g/mol. The van der Waals surface area contributed by atoms with Crippen molar-refractivity contribution < 1.29 is 27.4 Å². The summed E-state index contributed by atoms with van der Waals surface area (Å²) in [7, 11) is -3.20. The molecule has 0 aliphatic carbocycles. The summed E-state index contributed by atoms with van der Waals surface area (Å²) in [6, 6.07) is 35.4. The molecule has 0 aromatic heterocycles. The zero-order valence-corrected chi connectivity index (χ0v) is 21.2. The first-order chi connectivity index (χ1) is 18.6. The summed E-state index contributed by atoms with van der Waals surface area (Å²) < 4.78 is 38.6. The fourth-order valence-electron chi connectivity index (χ4n) is 5.10. The third kappa shape index (κ3) is 3.11. The number of ether oxygens (including phenoxy) is 1. The molecule has 0 bridgehead atoms. The van der Waals surface area contributed by atoms with Crippen molar-refractivity contribution in [2.24, 2.45) is 0 Å². The molecule has 2 aliphatic heterocycles. The van der Waals surface area contributed by atoms with Crippen LogP contribution >= 0.6 is 7.74 Å². The molecule has 38 heavy (non-hydrogen) atoms. The van der Waals surface area contributed by atoms with E-state index in [0.29, 0.717) is 34.5 Å². The van der Waals surface area contributed by atoms with Crippen LogP contribution in [0.1, 0.15) is 0 Å². The number of hydrogen-bond donors (Lipinski definition) is 0. The van der Waals surface area contributed by atoms with Gasteiger partial charge in [0.2, 0.25) is 0 Å². The normalized spacial score (nSPS) is 16.9. The van der Waals surface area contributed by atoms with Gasteiger partial charge in [0.1, 0.15) is 0 Å². The summed E-state index contributed by atoms with van der Waals surface area (Å²) in [6.07, 6.45) is 0. The summed E-state index contributed by atoms with van der Waals surface area (Å²) in [6.45, 7) is 0. The number of benzene rings is 6. The Labute approximate surface area is 218 Å². The predicted octanol–water partition coefficient (Wildman–Crippen LogP) is 8.60. The van der Waals surface area contributed by atoms with Crippen LogP contribution in [-0.2, 0) is 0 Å². The van der Waals surface area contributed by atoms with Crippen LogP contribution in [0.25, 0.3) is 32.3 Å². The molecule has 0 fully saturated rings. The second kappa shape index (κ2) is 7.44. The number of fused-ring (bicyclic) bond motifs is 5. The molecule has 0 saturated heterocycles. The molecule has 0 atom stereocenters.